The Morgan fingerprint density at radius 1 is 1.32 bits per heavy atom. The quantitative estimate of drug-likeness (QED) is 0.672. The van der Waals surface area contributed by atoms with E-state index in [-0.39, 0.29) is 5.91 Å². The third-order valence-corrected chi connectivity index (χ3v) is 3.26. The van der Waals surface area contributed by atoms with Crippen LogP contribution in [0.1, 0.15) is 12.0 Å². The van der Waals surface area contributed by atoms with Crippen LogP contribution in [0, 0.1) is 0 Å². The maximum absolute atomic E-state index is 11.8. The summed E-state index contributed by atoms with van der Waals surface area (Å²) in [6, 6.07) is 11.1. The molecule has 0 aliphatic carbocycles. The molecule has 0 bridgehead atoms. The molecule has 1 amide bonds. The van der Waals surface area contributed by atoms with Crippen molar-refractivity contribution in [3.8, 4) is 0 Å². The molecular weight excluding hydrogens is 306 g/mol. The van der Waals surface area contributed by atoms with E-state index in [1.165, 1.54) is 0 Å². The van der Waals surface area contributed by atoms with Crippen molar-refractivity contribution in [2.45, 2.75) is 12.8 Å². The van der Waals surface area contributed by atoms with E-state index >= 15 is 0 Å². The molecule has 19 heavy (non-hydrogen) atoms. The van der Waals surface area contributed by atoms with Crippen molar-refractivity contribution in [1.82, 2.24) is 4.98 Å². The number of nitrogens with one attached hydrogen (secondary N) is 1. The Morgan fingerprint density at radius 3 is 2.89 bits per heavy atom. The number of pyridine rings is 1. The van der Waals surface area contributed by atoms with Gasteiger partial charge in [0.05, 0.1) is 5.69 Å². The number of rotatable bonds is 4. The van der Waals surface area contributed by atoms with E-state index in [0.717, 1.165) is 5.56 Å². The van der Waals surface area contributed by atoms with Gasteiger partial charge in [0.2, 0.25) is 5.91 Å². The lowest BCUT2D eigenvalue weighted by Gasteiger charge is -2.06. The minimum absolute atomic E-state index is 0.0453. The van der Waals surface area contributed by atoms with Crippen molar-refractivity contribution in [2.24, 2.45) is 0 Å². The van der Waals surface area contributed by atoms with E-state index < -0.39 is 0 Å². The lowest BCUT2D eigenvalue weighted by Crippen LogP contribution is -2.13. The molecule has 3 N–H and O–H groups in total. The standard InChI is InChI=1S/C14H14BrN3O/c15-14-12(5-2-8-17-14)18-13(19)7-6-10-3-1-4-11(16)9-10/h1-5,8-9H,6-7,16H2,(H,18,19). The molecule has 0 aliphatic rings. The fraction of sp³-hybridized carbons (Fsp3) is 0.143. The zero-order chi connectivity index (χ0) is 13.7. The summed E-state index contributed by atoms with van der Waals surface area (Å²) >= 11 is 3.29. The molecular formula is C14H14BrN3O. The summed E-state index contributed by atoms with van der Waals surface area (Å²) in [5.74, 6) is -0.0453. The van der Waals surface area contributed by atoms with Crippen molar-refractivity contribution in [2.75, 3.05) is 11.1 Å². The molecule has 0 fully saturated rings. The average Bonchev–Trinajstić information content (AvgIpc) is 2.39. The van der Waals surface area contributed by atoms with Crippen molar-refractivity contribution in [3.05, 3.63) is 52.8 Å². The number of hydrogen-bond donors (Lipinski definition) is 2. The van der Waals surface area contributed by atoms with Crippen LogP contribution in [0.5, 0.6) is 0 Å². The van der Waals surface area contributed by atoms with Crippen LogP contribution in [-0.2, 0) is 11.2 Å². The number of hydrogen-bond acceptors (Lipinski definition) is 3. The molecule has 0 atom stereocenters. The first-order valence-electron chi connectivity index (χ1n) is 5.90. The number of aryl methyl sites for hydroxylation is 1. The van der Waals surface area contributed by atoms with Gasteiger partial charge in [-0.3, -0.25) is 4.79 Å². The van der Waals surface area contributed by atoms with E-state index in [1.54, 1.807) is 18.3 Å². The SMILES string of the molecule is Nc1cccc(CCC(=O)Nc2cccnc2Br)c1. The van der Waals surface area contributed by atoms with Crippen molar-refractivity contribution < 1.29 is 4.79 Å². The normalized spacial score (nSPS) is 10.2. The van der Waals surface area contributed by atoms with Crippen LogP contribution < -0.4 is 11.1 Å². The Morgan fingerprint density at radius 2 is 2.16 bits per heavy atom. The molecule has 0 radical (unpaired) electrons. The van der Waals surface area contributed by atoms with Gasteiger partial charge in [-0.15, -0.1) is 0 Å². The van der Waals surface area contributed by atoms with E-state index in [0.29, 0.717) is 28.8 Å². The molecule has 0 aliphatic heterocycles. The highest BCUT2D eigenvalue weighted by Crippen LogP contribution is 2.18. The number of benzene rings is 1. The summed E-state index contributed by atoms with van der Waals surface area (Å²) in [5.41, 5.74) is 8.15. The molecule has 98 valence electrons. The smallest absolute Gasteiger partial charge is 0.224 e. The van der Waals surface area contributed by atoms with Crippen molar-refractivity contribution >= 4 is 33.2 Å². The van der Waals surface area contributed by atoms with Gasteiger partial charge in [0.25, 0.3) is 0 Å². The number of carbonyl (C=O) groups is 1. The third-order valence-electron chi connectivity index (χ3n) is 2.62. The highest BCUT2D eigenvalue weighted by molar-refractivity contribution is 9.10. The summed E-state index contributed by atoms with van der Waals surface area (Å²) < 4.78 is 0.632. The van der Waals surface area contributed by atoms with Gasteiger partial charge in [0.1, 0.15) is 4.60 Å². The van der Waals surface area contributed by atoms with Crippen LogP contribution in [0.2, 0.25) is 0 Å². The number of halogens is 1. The topological polar surface area (TPSA) is 68.0 Å². The number of nitrogen functional groups attached to an aromatic ring is 1. The second-order valence-corrected chi connectivity index (χ2v) is 4.89. The number of amides is 1. The van der Waals surface area contributed by atoms with E-state index in [2.05, 4.69) is 26.2 Å². The summed E-state index contributed by atoms with van der Waals surface area (Å²) in [5, 5.41) is 2.82. The van der Waals surface area contributed by atoms with Crippen LogP contribution >= 0.6 is 15.9 Å². The average molecular weight is 320 g/mol. The fourth-order valence-electron chi connectivity index (χ4n) is 1.70. The van der Waals surface area contributed by atoms with E-state index in [9.17, 15) is 4.79 Å². The van der Waals surface area contributed by atoms with Crippen LogP contribution in [-0.4, -0.2) is 10.9 Å². The largest absolute Gasteiger partial charge is 0.399 e. The van der Waals surface area contributed by atoms with Crippen LogP contribution in [0.3, 0.4) is 0 Å². The van der Waals surface area contributed by atoms with E-state index in [4.69, 9.17) is 5.73 Å². The Hall–Kier alpha value is -1.88. The third kappa shape index (κ3) is 4.06. The highest BCUT2D eigenvalue weighted by Gasteiger charge is 2.06. The van der Waals surface area contributed by atoms with Gasteiger partial charge in [-0.05, 0) is 52.2 Å². The molecule has 2 aromatic rings. The summed E-state index contributed by atoms with van der Waals surface area (Å²) in [4.78, 5) is 15.9. The van der Waals surface area contributed by atoms with Crippen LogP contribution in [0.25, 0.3) is 0 Å². The molecule has 0 saturated carbocycles. The second-order valence-electron chi connectivity index (χ2n) is 4.13. The Labute approximate surface area is 120 Å². The van der Waals surface area contributed by atoms with Gasteiger partial charge in [0.15, 0.2) is 0 Å². The number of anilines is 2. The van der Waals surface area contributed by atoms with Gasteiger partial charge in [-0.2, -0.15) is 0 Å². The molecule has 2 rings (SSSR count). The van der Waals surface area contributed by atoms with Gasteiger partial charge in [-0.1, -0.05) is 12.1 Å². The number of nitrogens with two attached hydrogens (primary N) is 1. The van der Waals surface area contributed by atoms with Gasteiger partial charge in [-0.25, -0.2) is 4.98 Å². The first-order chi connectivity index (χ1) is 9.15. The zero-order valence-corrected chi connectivity index (χ0v) is 11.9. The maximum Gasteiger partial charge on any atom is 0.224 e. The van der Waals surface area contributed by atoms with Gasteiger partial charge in [0, 0.05) is 18.3 Å². The number of carbonyl (C=O) groups excluding carboxylic acids is 1. The molecule has 1 aromatic heterocycles. The Balaban J connectivity index is 1.90. The van der Waals surface area contributed by atoms with Gasteiger partial charge >= 0.3 is 0 Å². The summed E-state index contributed by atoms with van der Waals surface area (Å²) in [6.07, 6.45) is 2.73. The van der Waals surface area contributed by atoms with Crippen LogP contribution in [0.4, 0.5) is 11.4 Å². The summed E-state index contributed by atoms with van der Waals surface area (Å²) in [7, 11) is 0. The molecule has 1 heterocycles. The molecule has 0 unspecified atom stereocenters. The number of nitrogens with zero attached hydrogens (tertiary/aromatic N) is 1. The minimum Gasteiger partial charge on any atom is -0.399 e. The number of aromatic nitrogens is 1. The molecule has 0 saturated heterocycles. The zero-order valence-electron chi connectivity index (χ0n) is 10.3. The molecule has 1 aromatic carbocycles. The molecule has 5 heteroatoms. The van der Waals surface area contributed by atoms with Crippen LogP contribution in [0.15, 0.2) is 47.2 Å². The minimum atomic E-state index is -0.0453. The lowest BCUT2D eigenvalue weighted by atomic mass is 10.1. The monoisotopic (exact) mass is 319 g/mol. The Bertz CT molecular complexity index is 586. The second kappa shape index (κ2) is 6.33. The Kier molecular flexibility index (Phi) is 4.52. The summed E-state index contributed by atoms with van der Waals surface area (Å²) in [6.45, 7) is 0. The van der Waals surface area contributed by atoms with Gasteiger partial charge < -0.3 is 11.1 Å². The highest BCUT2D eigenvalue weighted by atomic mass is 79.9. The first-order valence-corrected chi connectivity index (χ1v) is 6.69. The first kappa shape index (κ1) is 13.5. The lowest BCUT2D eigenvalue weighted by molar-refractivity contribution is -0.116. The molecule has 4 nitrogen and oxygen atoms in total. The predicted molar refractivity (Wildman–Crippen MR) is 79.7 cm³/mol. The molecule has 0 spiro atoms. The van der Waals surface area contributed by atoms with E-state index in [1.807, 2.05) is 24.3 Å². The van der Waals surface area contributed by atoms with Crippen molar-refractivity contribution in [1.29, 1.82) is 0 Å². The van der Waals surface area contributed by atoms with Crippen molar-refractivity contribution in [3.63, 3.8) is 0 Å². The fourth-order valence-corrected chi connectivity index (χ4v) is 2.05. The maximum atomic E-state index is 11.8. The predicted octanol–water partition coefficient (Wildman–Crippen LogP) is 3.00.